The maximum Gasteiger partial charge on any atom is 0.0970 e. The summed E-state index contributed by atoms with van der Waals surface area (Å²) in [7, 11) is 0. The van der Waals surface area contributed by atoms with E-state index in [-0.39, 0.29) is 0 Å². The number of aryl methyl sites for hydroxylation is 1. The molecule has 2 heteroatoms. The van der Waals surface area contributed by atoms with Gasteiger partial charge in [0.25, 0.3) is 0 Å². The molecular formula is C24H20N2. The van der Waals surface area contributed by atoms with Crippen LogP contribution in [0.3, 0.4) is 0 Å². The van der Waals surface area contributed by atoms with Crippen molar-refractivity contribution in [1.82, 2.24) is 9.97 Å². The van der Waals surface area contributed by atoms with Crippen LogP contribution in [0.25, 0.3) is 38.5 Å². The van der Waals surface area contributed by atoms with Gasteiger partial charge in [-0.05, 0) is 48.2 Å². The number of pyridine rings is 2. The van der Waals surface area contributed by atoms with Crippen LogP contribution in [-0.4, -0.2) is 9.97 Å². The molecule has 4 rings (SSSR count). The van der Waals surface area contributed by atoms with E-state index in [0.717, 1.165) is 32.9 Å². The molecule has 0 radical (unpaired) electrons. The van der Waals surface area contributed by atoms with Gasteiger partial charge in [-0.25, -0.2) is 0 Å². The third kappa shape index (κ3) is 2.60. The molecule has 0 bridgehead atoms. The fourth-order valence-electron chi connectivity index (χ4n) is 3.53. The van der Waals surface area contributed by atoms with Crippen LogP contribution in [0.15, 0.2) is 79.7 Å². The Balaban J connectivity index is 2.05. The molecule has 0 saturated heterocycles. The molecule has 0 aliphatic carbocycles. The van der Waals surface area contributed by atoms with E-state index in [4.69, 9.17) is 0 Å². The summed E-state index contributed by atoms with van der Waals surface area (Å²) in [5, 5.41) is 2.22. The Morgan fingerprint density at radius 2 is 1.65 bits per heavy atom. The SMILES string of the molecule is C=C/C(=C\C)c1ccnc2c1ccc1c(-c3cccc(C)c3)ccnc12. The Kier molecular flexibility index (Phi) is 4.10. The first-order valence-electron chi connectivity index (χ1n) is 8.75. The third-order valence-electron chi connectivity index (χ3n) is 4.79. The Morgan fingerprint density at radius 3 is 2.38 bits per heavy atom. The van der Waals surface area contributed by atoms with Crippen LogP contribution in [-0.2, 0) is 0 Å². The molecule has 2 nitrogen and oxygen atoms in total. The van der Waals surface area contributed by atoms with Gasteiger partial charge >= 0.3 is 0 Å². The first-order chi connectivity index (χ1) is 12.7. The Hall–Kier alpha value is -3.26. The lowest BCUT2D eigenvalue weighted by molar-refractivity contribution is 1.37. The second-order valence-corrected chi connectivity index (χ2v) is 6.39. The summed E-state index contributed by atoms with van der Waals surface area (Å²) in [6, 6.07) is 17.0. The first-order valence-corrected chi connectivity index (χ1v) is 8.75. The van der Waals surface area contributed by atoms with E-state index in [1.54, 1.807) is 0 Å². The van der Waals surface area contributed by atoms with Crippen LogP contribution < -0.4 is 0 Å². The highest BCUT2D eigenvalue weighted by Crippen LogP contribution is 2.33. The molecule has 2 heterocycles. The number of allylic oxidation sites excluding steroid dienone is 3. The zero-order valence-electron chi connectivity index (χ0n) is 15.0. The van der Waals surface area contributed by atoms with Gasteiger partial charge in [0, 0.05) is 23.2 Å². The van der Waals surface area contributed by atoms with Crippen molar-refractivity contribution in [2.75, 3.05) is 0 Å². The molecule has 126 valence electrons. The van der Waals surface area contributed by atoms with Crippen LogP contribution in [0.1, 0.15) is 18.1 Å². The van der Waals surface area contributed by atoms with Crippen LogP contribution in [0.5, 0.6) is 0 Å². The standard InChI is InChI=1S/C24H20N2/c1-4-17(5-2)19-11-13-25-23-21(19)9-10-22-20(12-14-26-24(22)23)18-8-6-7-16(3)15-18/h4-15H,1H2,2-3H3/b17-5+. The highest BCUT2D eigenvalue weighted by molar-refractivity contribution is 6.10. The number of fused-ring (bicyclic) bond motifs is 3. The largest absolute Gasteiger partial charge is 0.254 e. The van der Waals surface area contributed by atoms with E-state index in [2.05, 4.69) is 72.0 Å². The van der Waals surface area contributed by atoms with Gasteiger partial charge in [-0.3, -0.25) is 9.97 Å². The average Bonchev–Trinajstić information content (AvgIpc) is 2.68. The fraction of sp³-hybridized carbons (Fsp3) is 0.0833. The molecule has 0 amide bonds. The van der Waals surface area contributed by atoms with Crippen molar-refractivity contribution in [2.45, 2.75) is 13.8 Å². The van der Waals surface area contributed by atoms with Gasteiger partial charge in [-0.2, -0.15) is 0 Å². The zero-order valence-corrected chi connectivity index (χ0v) is 15.0. The summed E-state index contributed by atoms with van der Waals surface area (Å²) in [6.45, 7) is 8.08. The number of benzene rings is 2. The monoisotopic (exact) mass is 336 g/mol. The topological polar surface area (TPSA) is 25.8 Å². The van der Waals surface area contributed by atoms with Crippen molar-refractivity contribution < 1.29 is 0 Å². The summed E-state index contributed by atoms with van der Waals surface area (Å²) in [6.07, 6.45) is 7.68. The predicted molar refractivity (Wildman–Crippen MR) is 111 cm³/mol. The summed E-state index contributed by atoms with van der Waals surface area (Å²) < 4.78 is 0. The maximum absolute atomic E-state index is 4.66. The first kappa shape index (κ1) is 16.2. The minimum absolute atomic E-state index is 0.927. The minimum atomic E-state index is 0.927. The lowest BCUT2D eigenvalue weighted by Crippen LogP contribution is -1.91. The second kappa shape index (κ2) is 6.57. The van der Waals surface area contributed by atoms with E-state index in [0.29, 0.717) is 0 Å². The summed E-state index contributed by atoms with van der Waals surface area (Å²) >= 11 is 0. The van der Waals surface area contributed by atoms with Crippen molar-refractivity contribution in [1.29, 1.82) is 0 Å². The van der Waals surface area contributed by atoms with Crippen LogP contribution >= 0.6 is 0 Å². The third-order valence-corrected chi connectivity index (χ3v) is 4.79. The smallest absolute Gasteiger partial charge is 0.0970 e. The van der Waals surface area contributed by atoms with Gasteiger partial charge in [0.2, 0.25) is 0 Å². The molecule has 0 spiro atoms. The highest BCUT2D eigenvalue weighted by atomic mass is 14.7. The molecule has 2 aromatic carbocycles. The lowest BCUT2D eigenvalue weighted by Gasteiger charge is -2.11. The molecule has 26 heavy (non-hydrogen) atoms. The van der Waals surface area contributed by atoms with Gasteiger partial charge in [0.15, 0.2) is 0 Å². The molecule has 0 atom stereocenters. The Morgan fingerprint density at radius 1 is 0.923 bits per heavy atom. The molecule has 0 fully saturated rings. The van der Waals surface area contributed by atoms with Crippen LogP contribution in [0, 0.1) is 6.92 Å². The molecule has 0 unspecified atom stereocenters. The van der Waals surface area contributed by atoms with Crippen LogP contribution in [0.2, 0.25) is 0 Å². The number of rotatable bonds is 3. The summed E-state index contributed by atoms with van der Waals surface area (Å²) in [5.41, 5.74) is 7.73. The minimum Gasteiger partial charge on any atom is -0.254 e. The Labute approximate surface area is 153 Å². The molecule has 0 N–H and O–H groups in total. The van der Waals surface area contributed by atoms with Gasteiger partial charge < -0.3 is 0 Å². The van der Waals surface area contributed by atoms with Crippen molar-refractivity contribution >= 4 is 27.4 Å². The van der Waals surface area contributed by atoms with Gasteiger partial charge in [0.05, 0.1) is 11.0 Å². The van der Waals surface area contributed by atoms with Crippen LogP contribution in [0.4, 0.5) is 0 Å². The van der Waals surface area contributed by atoms with E-state index in [1.807, 2.05) is 31.5 Å². The Bertz CT molecular complexity index is 1170. The van der Waals surface area contributed by atoms with E-state index >= 15 is 0 Å². The van der Waals surface area contributed by atoms with Gasteiger partial charge in [-0.15, -0.1) is 0 Å². The molecular weight excluding hydrogens is 316 g/mol. The number of nitrogens with zero attached hydrogens (tertiary/aromatic N) is 2. The number of hydrogen-bond acceptors (Lipinski definition) is 2. The molecule has 4 aromatic rings. The normalized spacial score (nSPS) is 11.8. The van der Waals surface area contributed by atoms with Crippen molar-refractivity contribution in [3.05, 3.63) is 90.8 Å². The number of hydrogen-bond donors (Lipinski definition) is 0. The zero-order chi connectivity index (χ0) is 18.1. The molecule has 0 aliphatic heterocycles. The maximum atomic E-state index is 4.66. The highest BCUT2D eigenvalue weighted by Gasteiger charge is 2.11. The predicted octanol–water partition coefficient (Wildman–Crippen LogP) is 6.35. The molecule has 2 aromatic heterocycles. The second-order valence-electron chi connectivity index (χ2n) is 6.39. The number of aromatic nitrogens is 2. The van der Waals surface area contributed by atoms with Crippen molar-refractivity contribution in [3.63, 3.8) is 0 Å². The fourth-order valence-corrected chi connectivity index (χ4v) is 3.53. The molecule has 0 saturated carbocycles. The van der Waals surface area contributed by atoms with E-state index in [9.17, 15) is 0 Å². The van der Waals surface area contributed by atoms with Crippen molar-refractivity contribution in [3.8, 4) is 11.1 Å². The van der Waals surface area contributed by atoms with Crippen molar-refractivity contribution in [2.24, 2.45) is 0 Å². The van der Waals surface area contributed by atoms with Gasteiger partial charge in [-0.1, -0.05) is 60.7 Å². The van der Waals surface area contributed by atoms with E-state index < -0.39 is 0 Å². The quantitative estimate of drug-likeness (QED) is 0.322. The lowest BCUT2D eigenvalue weighted by atomic mass is 9.96. The summed E-state index contributed by atoms with van der Waals surface area (Å²) in [4.78, 5) is 9.31. The summed E-state index contributed by atoms with van der Waals surface area (Å²) in [5.74, 6) is 0. The molecule has 0 aliphatic rings. The van der Waals surface area contributed by atoms with Gasteiger partial charge in [0.1, 0.15) is 0 Å². The average molecular weight is 336 g/mol. The van der Waals surface area contributed by atoms with E-state index in [1.165, 1.54) is 16.7 Å².